The Morgan fingerprint density at radius 2 is 1.94 bits per heavy atom. The van der Waals surface area contributed by atoms with Crippen molar-refractivity contribution in [3.63, 3.8) is 0 Å². The van der Waals surface area contributed by atoms with Crippen LogP contribution in [0.1, 0.15) is 62.2 Å². The van der Waals surface area contributed by atoms with E-state index in [1.54, 1.807) is 17.3 Å². The molecule has 178 valence electrons. The lowest BCUT2D eigenvalue weighted by Gasteiger charge is -2.34. The Bertz CT molecular complexity index is 1150. The summed E-state index contributed by atoms with van der Waals surface area (Å²) in [4.78, 5) is 37.1. The largest absolute Gasteiger partial charge is 0.359 e. The number of anilines is 1. The van der Waals surface area contributed by atoms with Gasteiger partial charge in [0.25, 0.3) is 0 Å². The standard InChI is InChI=1S/C27H33N5O2/c1-18-15-19-11-12-22(16-24(19)30-18)32(27(34)23-10-6-14-29-23)25(20-7-5-13-28-17-20)26(33)31-21-8-3-2-4-9-21/h5,7,11-13,15-17,21,23,25,29-30H,2-4,6,8-10,14H2,1H3,(H,31,33). The molecule has 1 saturated carbocycles. The molecule has 2 aromatic heterocycles. The molecule has 3 heterocycles. The van der Waals surface area contributed by atoms with Crippen LogP contribution in [0.5, 0.6) is 0 Å². The van der Waals surface area contributed by atoms with Gasteiger partial charge >= 0.3 is 0 Å². The van der Waals surface area contributed by atoms with Crippen molar-refractivity contribution in [1.82, 2.24) is 20.6 Å². The Kier molecular flexibility index (Phi) is 6.63. The molecule has 3 N–H and O–H groups in total. The second-order valence-electron chi connectivity index (χ2n) is 9.61. The number of rotatable bonds is 6. The highest BCUT2D eigenvalue weighted by atomic mass is 16.2. The first-order valence-corrected chi connectivity index (χ1v) is 12.5. The van der Waals surface area contributed by atoms with Crippen LogP contribution in [0.15, 0.2) is 48.8 Å². The van der Waals surface area contributed by atoms with Gasteiger partial charge in [-0.1, -0.05) is 31.4 Å². The van der Waals surface area contributed by atoms with E-state index in [0.717, 1.165) is 61.7 Å². The maximum absolute atomic E-state index is 14.0. The number of pyridine rings is 1. The van der Waals surface area contributed by atoms with Crippen LogP contribution in [0.3, 0.4) is 0 Å². The van der Waals surface area contributed by atoms with Crippen LogP contribution in [0, 0.1) is 6.92 Å². The summed E-state index contributed by atoms with van der Waals surface area (Å²) in [5, 5.41) is 7.67. The molecule has 5 rings (SSSR count). The van der Waals surface area contributed by atoms with Crippen molar-refractivity contribution in [1.29, 1.82) is 0 Å². The quantitative estimate of drug-likeness (QED) is 0.517. The SMILES string of the molecule is Cc1cc2ccc(N(C(=O)C3CCCN3)C(C(=O)NC3CCCCC3)c3cccnc3)cc2[nH]1. The van der Waals surface area contributed by atoms with E-state index in [9.17, 15) is 9.59 Å². The molecular weight excluding hydrogens is 426 g/mol. The number of hydrogen-bond donors (Lipinski definition) is 3. The number of fused-ring (bicyclic) bond motifs is 1. The van der Waals surface area contributed by atoms with Crippen molar-refractivity contribution >= 4 is 28.4 Å². The molecule has 34 heavy (non-hydrogen) atoms. The van der Waals surface area contributed by atoms with Gasteiger partial charge in [-0.3, -0.25) is 19.5 Å². The van der Waals surface area contributed by atoms with E-state index in [1.807, 2.05) is 37.3 Å². The van der Waals surface area contributed by atoms with E-state index in [-0.39, 0.29) is 23.9 Å². The number of hydrogen-bond acceptors (Lipinski definition) is 4. The van der Waals surface area contributed by atoms with Gasteiger partial charge < -0.3 is 15.6 Å². The molecule has 1 aliphatic carbocycles. The number of carbonyl (C=O) groups excluding carboxylic acids is 2. The maximum atomic E-state index is 14.0. The van der Waals surface area contributed by atoms with Crippen molar-refractivity contribution in [2.75, 3.05) is 11.4 Å². The second-order valence-corrected chi connectivity index (χ2v) is 9.61. The smallest absolute Gasteiger partial charge is 0.248 e. The monoisotopic (exact) mass is 459 g/mol. The number of carbonyl (C=O) groups is 2. The van der Waals surface area contributed by atoms with Crippen molar-refractivity contribution in [2.24, 2.45) is 0 Å². The third-order valence-corrected chi connectivity index (χ3v) is 7.07. The van der Waals surface area contributed by atoms with Crippen LogP contribution in [0.4, 0.5) is 5.69 Å². The van der Waals surface area contributed by atoms with E-state index in [0.29, 0.717) is 11.3 Å². The molecule has 2 amide bonds. The summed E-state index contributed by atoms with van der Waals surface area (Å²) >= 11 is 0. The topological polar surface area (TPSA) is 90.1 Å². The fourth-order valence-corrected chi connectivity index (χ4v) is 5.36. The van der Waals surface area contributed by atoms with Crippen LogP contribution in [-0.2, 0) is 9.59 Å². The van der Waals surface area contributed by atoms with E-state index >= 15 is 0 Å². The molecule has 2 atom stereocenters. The highest BCUT2D eigenvalue weighted by Gasteiger charge is 2.38. The summed E-state index contributed by atoms with van der Waals surface area (Å²) in [6.07, 6.45) is 10.5. The zero-order valence-electron chi connectivity index (χ0n) is 19.7. The van der Waals surface area contributed by atoms with Crippen LogP contribution in [0.2, 0.25) is 0 Å². The Labute approximate surface area is 200 Å². The average molecular weight is 460 g/mol. The predicted molar refractivity (Wildman–Crippen MR) is 134 cm³/mol. The summed E-state index contributed by atoms with van der Waals surface area (Å²) in [6.45, 7) is 2.83. The lowest BCUT2D eigenvalue weighted by atomic mass is 9.94. The van der Waals surface area contributed by atoms with Crippen molar-refractivity contribution in [2.45, 2.75) is 70.0 Å². The van der Waals surface area contributed by atoms with Gasteiger partial charge in [-0.15, -0.1) is 0 Å². The Balaban J connectivity index is 1.57. The van der Waals surface area contributed by atoms with Gasteiger partial charge in [0.1, 0.15) is 6.04 Å². The van der Waals surface area contributed by atoms with E-state index in [1.165, 1.54) is 6.42 Å². The number of benzene rings is 1. The Morgan fingerprint density at radius 3 is 2.68 bits per heavy atom. The summed E-state index contributed by atoms with van der Waals surface area (Å²) in [5.74, 6) is -0.221. The minimum atomic E-state index is -0.793. The third kappa shape index (κ3) is 4.71. The lowest BCUT2D eigenvalue weighted by molar-refractivity contribution is -0.128. The number of aromatic nitrogens is 2. The molecule has 1 aliphatic heterocycles. The molecule has 1 aromatic carbocycles. The molecular formula is C27H33N5O2. The zero-order chi connectivity index (χ0) is 23.5. The first-order valence-electron chi connectivity index (χ1n) is 12.5. The van der Waals surface area contributed by atoms with Gasteiger partial charge in [-0.25, -0.2) is 0 Å². The van der Waals surface area contributed by atoms with E-state index in [4.69, 9.17) is 0 Å². The van der Waals surface area contributed by atoms with Crippen molar-refractivity contribution in [3.05, 3.63) is 60.0 Å². The van der Waals surface area contributed by atoms with Crippen LogP contribution >= 0.6 is 0 Å². The van der Waals surface area contributed by atoms with Crippen molar-refractivity contribution in [3.8, 4) is 0 Å². The van der Waals surface area contributed by atoms with Gasteiger partial charge in [0, 0.05) is 40.9 Å². The van der Waals surface area contributed by atoms with E-state index in [2.05, 4.69) is 26.7 Å². The molecule has 0 bridgehead atoms. The molecule has 3 aromatic rings. The molecule has 1 saturated heterocycles. The van der Waals surface area contributed by atoms with Gasteiger partial charge in [0.05, 0.1) is 6.04 Å². The van der Waals surface area contributed by atoms with Gasteiger partial charge in [0.15, 0.2) is 0 Å². The molecule has 2 aliphatic rings. The van der Waals surface area contributed by atoms with Gasteiger partial charge in [0.2, 0.25) is 11.8 Å². The highest BCUT2D eigenvalue weighted by molar-refractivity contribution is 6.05. The fraction of sp³-hybridized carbons (Fsp3) is 0.444. The van der Waals surface area contributed by atoms with Gasteiger partial charge in [-0.05, 0) is 68.8 Å². The average Bonchev–Trinajstić information content (AvgIpc) is 3.52. The normalized spacial score (nSPS) is 19.7. The second kappa shape index (κ2) is 9.97. The highest BCUT2D eigenvalue weighted by Crippen LogP contribution is 2.32. The number of aromatic amines is 1. The minimum absolute atomic E-state index is 0.0761. The summed E-state index contributed by atoms with van der Waals surface area (Å²) in [7, 11) is 0. The number of amides is 2. The molecule has 2 fully saturated rings. The molecule has 7 nitrogen and oxygen atoms in total. The number of aryl methyl sites for hydroxylation is 1. The molecule has 7 heteroatoms. The van der Waals surface area contributed by atoms with Gasteiger partial charge in [-0.2, -0.15) is 0 Å². The van der Waals surface area contributed by atoms with Crippen molar-refractivity contribution < 1.29 is 9.59 Å². The molecule has 0 spiro atoms. The first-order chi connectivity index (χ1) is 16.6. The third-order valence-electron chi connectivity index (χ3n) is 7.07. The Morgan fingerprint density at radius 1 is 1.09 bits per heavy atom. The number of nitrogens with zero attached hydrogens (tertiary/aromatic N) is 2. The molecule has 0 radical (unpaired) electrons. The summed E-state index contributed by atoms with van der Waals surface area (Å²) in [6, 6.07) is 10.8. The molecule has 2 unspecified atom stereocenters. The number of nitrogens with one attached hydrogen (secondary N) is 3. The number of H-pyrrole nitrogens is 1. The summed E-state index contributed by atoms with van der Waals surface area (Å²) in [5.41, 5.74) is 3.43. The Hall–Kier alpha value is -3.19. The summed E-state index contributed by atoms with van der Waals surface area (Å²) < 4.78 is 0. The van der Waals surface area contributed by atoms with Crippen LogP contribution < -0.4 is 15.5 Å². The fourth-order valence-electron chi connectivity index (χ4n) is 5.36. The lowest BCUT2D eigenvalue weighted by Crippen LogP contribution is -2.51. The van der Waals surface area contributed by atoms with Crippen LogP contribution in [0.25, 0.3) is 10.9 Å². The van der Waals surface area contributed by atoms with Crippen LogP contribution in [-0.4, -0.2) is 40.4 Å². The predicted octanol–water partition coefficient (Wildman–Crippen LogP) is 4.15. The first kappa shape index (κ1) is 22.6. The zero-order valence-corrected chi connectivity index (χ0v) is 19.7. The minimum Gasteiger partial charge on any atom is -0.359 e. The maximum Gasteiger partial charge on any atom is 0.248 e. The van der Waals surface area contributed by atoms with E-state index < -0.39 is 6.04 Å².